The second kappa shape index (κ2) is 8.18. The van der Waals surface area contributed by atoms with E-state index in [1.165, 1.54) is 4.90 Å². The standard InChI is InChI=1S/C23H26F5N5O3S/c24-37(25,26,27,28)17-1-2-18(19(29)12-17)22(34)32-7-3-16(4-8-32)33-20-11-15(14-5-9-36-10-6-14)13-30-21(20)31-23(33)35/h1-2,11-14,16H,3-10,29H2,(H,30,31,35). The van der Waals surface area contributed by atoms with Crippen molar-refractivity contribution in [1.29, 1.82) is 0 Å². The van der Waals surface area contributed by atoms with E-state index in [1.807, 2.05) is 6.07 Å². The molecule has 3 N–H and O–H groups in total. The molecule has 14 heteroatoms. The van der Waals surface area contributed by atoms with Crippen LogP contribution in [0.5, 0.6) is 0 Å². The highest BCUT2D eigenvalue weighted by molar-refractivity contribution is 8.45. The molecule has 202 valence electrons. The fourth-order valence-electron chi connectivity index (χ4n) is 5.11. The van der Waals surface area contributed by atoms with Gasteiger partial charge in [0.2, 0.25) is 0 Å². The van der Waals surface area contributed by atoms with Crippen molar-refractivity contribution in [2.45, 2.75) is 42.5 Å². The fraction of sp³-hybridized carbons (Fsp3) is 0.435. The molecule has 2 aliphatic heterocycles. The highest BCUT2D eigenvalue weighted by Crippen LogP contribution is 3.02. The minimum atomic E-state index is -9.91. The summed E-state index contributed by atoms with van der Waals surface area (Å²) in [5.41, 5.74) is 6.49. The van der Waals surface area contributed by atoms with Gasteiger partial charge in [-0.15, -0.1) is 0 Å². The minimum absolute atomic E-state index is 0.107. The van der Waals surface area contributed by atoms with Gasteiger partial charge >= 0.3 is 15.9 Å². The van der Waals surface area contributed by atoms with E-state index in [1.54, 1.807) is 10.8 Å². The lowest BCUT2D eigenvalue weighted by Gasteiger charge is -2.40. The van der Waals surface area contributed by atoms with Gasteiger partial charge in [0.1, 0.15) is 4.90 Å². The van der Waals surface area contributed by atoms with Crippen LogP contribution in [0.2, 0.25) is 0 Å². The normalized spacial score (nSPS) is 20.1. The number of hydrogen-bond acceptors (Lipinski definition) is 5. The SMILES string of the molecule is Nc1cc(S(F)(F)(F)(F)F)ccc1C(=O)N1CCC(n2c(=O)[nH]c3ncc(C4CCOCC4)cc32)CC1. The highest BCUT2D eigenvalue weighted by Gasteiger charge is 2.65. The van der Waals surface area contributed by atoms with E-state index in [2.05, 4.69) is 9.97 Å². The number of likely N-dealkylation sites (tertiary alicyclic amines) is 1. The second-order valence-corrected chi connectivity index (χ2v) is 12.0. The number of H-pyrrole nitrogens is 1. The van der Waals surface area contributed by atoms with Crippen LogP contribution in [0.3, 0.4) is 0 Å². The number of piperidine rings is 1. The summed E-state index contributed by atoms with van der Waals surface area (Å²) in [6.45, 7) is 1.75. The Labute approximate surface area is 208 Å². The summed E-state index contributed by atoms with van der Waals surface area (Å²) in [7, 11) is -9.91. The van der Waals surface area contributed by atoms with E-state index < -0.39 is 26.7 Å². The van der Waals surface area contributed by atoms with Crippen LogP contribution in [0.1, 0.15) is 53.6 Å². The molecule has 2 aliphatic rings. The van der Waals surface area contributed by atoms with Gasteiger partial charge in [0.15, 0.2) is 5.65 Å². The maximum atomic E-state index is 13.1. The number of nitrogens with two attached hydrogens (primary N) is 1. The van der Waals surface area contributed by atoms with Crippen molar-refractivity contribution >= 4 is 33.0 Å². The average Bonchev–Trinajstić information content (AvgIpc) is 3.17. The lowest BCUT2D eigenvalue weighted by Crippen LogP contribution is -2.40. The van der Waals surface area contributed by atoms with Crippen molar-refractivity contribution < 1.29 is 29.0 Å². The molecule has 0 bridgehead atoms. The number of halogens is 5. The molecule has 1 amide bonds. The summed E-state index contributed by atoms with van der Waals surface area (Å²) in [4.78, 5) is 32.2. The minimum Gasteiger partial charge on any atom is -0.398 e. The largest absolute Gasteiger partial charge is 0.398 e. The van der Waals surface area contributed by atoms with Gasteiger partial charge in [-0.25, -0.2) is 9.78 Å². The number of pyridine rings is 1. The monoisotopic (exact) mass is 547 g/mol. The van der Waals surface area contributed by atoms with Gasteiger partial charge in [0, 0.05) is 44.2 Å². The molecule has 0 radical (unpaired) electrons. The molecule has 1 aromatic carbocycles. The van der Waals surface area contributed by atoms with Crippen molar-refractivity contribution in [1.82, 2.24) is 19.4 Å². The number of nitrogen functional groups attached to an aromatic ring is 1. The summed E-state index contributed by atoms with van der Waals surface area (Å²) in [6, 6.07) is 2.71. The van der Waals surface area contributed by atoms with Gasteiger partial charge in [-0.3, -0.25) is 14.3 Å². The van der Waals surface area contributed by atoms with Crippen molar-refractivity contribution in [3.8, 4) is 0 Å². The molecule has 4 heterocycles. The number of amides is 1. The van der Waals surface area contributed by atoms with E-state index in [0.29, 0.717) is 49.2 Å². The smallest absolute Gasteiger partial charge is 0.327 e. The number of carbonyl (C=O) groups excluding carboxylic acids is 1. The van der Waals surface area contributed by atoms with Gasteiger partial charge in [-0.1, -0.05) is 19.4 Å². The maximum absolute atomic E-state index is 13.1. The Morgan fingerprint density at radius 1 is 1.05 bits per heavy atom. The molecule has 0 atom stereocenters. The zero-order valence-corrected chi connectivity index (χ0v) is 20.5. The van der Waals surface area contributed by atoms with E-state index in [-0.39, 0.29) is 42.5 Å². The van der Waals surface area contributed by atoms with Crippen molar-refractivity contribution in [2.75, 3.05) is 32.0 Å². The van der Waals surface area contributed by atoms with Crippen molar-refractivity contribution in [3.05, 3.63) is 52.1 Å². The third-order valence-corrected chi connectivity index (χ3v) is 8.25. The molecule has 8 nitrogen and oxygen atoms in total. The number of nitrogens with zero attached hydrogens (tertiary/aromatic N) is 3. The van der Waals surface area contributed by atoms with Gasteiger partial charge in [0.25, 0.3) is 5.91 Å². The van der Waals surface area contributed by atoms with Crippen LogP contribution in [0, 0.1) is 0 Å². The quantitative estimate of drug-likeness (QED) is 0.339. The summed E-state index contributed by atoms with van der Waals surface area (Å²) < 4.78 is 72.4. The van der Waals surface area contributed by atoms with Crippen molar-refractivity contribution in [2.24, 2.45) is 0 Å². The second-order valence-electron chi connectivity index (χ2n) is 9.56. The highest BCUT2D eigenvalue weighted by atomic mass is 32.5. The first-order chi connectivity index (χ1) is 17.2. The lowest BCUT2D eigenvalue weighted by atomic mass is 9.93. The van der Waals surface area contributed by atoms with Crippen molar-refractivity contribution in [3.63, 3.8) is 0 Å². The van der Waals surface area contributed by atoms with Gasteiger partial charge < -0.3 is 15.4 Å². The number of rotatable bonds is 4. The molecule has 0 saturated carbocycles. The Morgan fingerprint density at radius 3 is 2.35 bits per heavy atom. The molecule has 2 fully saturated rings. The topological polar surface area (TPSA) is 106 Å². The summed E-state index contributed by atoms with van der Waals surface area (Å²) in [5.74, 6) is -0.362. The molecule has 37 heavy (non-hydrogen) atoms. The number of imidazole rings is 1. The molecule has 5 rings (SSSR count). The average molecular weight is 548 g/mol. The summed E-state index contributed by atoms with van der Waals surface area (Å²) in [5, 5.41) is 0. The van der Waals surface area contributed by atoms with Crippen LogP contribution in [-0.4, -0.2) is 51.6 Å². The molecular formula is C23H26F5N5O3S. The first-order valence-electron chi connectivity index (χ1n) is 11.8. The van der Waals surface area contributed by atoms with Crippen LogP contribution in [0.4, 0.5) is 25.1 Å². The fourth-order valence-corrected chi connectivity index (χ4v) is 5.78. The van der Waals surface area contributed by atoms with Crippen LogP contribution < -0.4 is 11.4 Å². The molecule has 0 aliphatic carbocycles. The maximum Gasteiger partial charge on any atom is 0.327 e. The molecule has 2 aromatic heterocycles. The number of aromatic amines is 1. The molecule has 3 aromatic rings. The van der Waals surface area contributed by atoms with E-state index in [4.69, 9.17) is 10.5 Å². The predicted octanol–water partition coefficient (Wildman–Crippen LogP) is 5.34. The number of nitrogens with one attached hydrogen (secondary N) is 1. The van der Waals surface area contributed by atoms with Crippen LogP contribution >= 0.6 is 10.2 Å². The number of anilines is 1. The van der Waals surface area contributed by atoms with E-state index >= 15 is 0 Å². The molecule has 0 unspecified atom stereocenters. The van der Waals surface area contributed by atoms with Gasteiger partial charge in [-0.05, 0) is 61.4 Å². The first kappa shape index (κ1) is 25.5. The number of ether oxygens (including phenoxy) is 1. The van der Waals surface area contributed by atoms with Crippen LogP contribution in [0.25, 0.3) is 11.2 Å². The number of benzene rings is 1. The Bertz CT molecular complexity index is 1430. The Kier molecular flexibility index (Phi) is 5.64. The Hall–Kier alpha value is -3.13. The number of hydrogen-bond donors (Lipinski definition) is 2. The third-order valence-electron chi connectivity index (χ3n) is 7.10. The molecule has 2 saturated heterocycles. The van der Waals surface area contributed by atoms with Gasteiger partial charge in [0.05, 0.1) is 11.1 Å². The van der Waals surface area contributed by atoms with Crippen LogP contribution in [0.15, 0.2) is 40.2 Å². The van der Waals surface area contributed by atoms with Crippen LogP contribution in [-0.2, 0) is 4.74 Å². The zero-order valence-electron chi connectivity index (χ0n) is 19.6. The molecular weight excluding hydrogens is 521 g/mol. The molecule has 0 spiro atoms. The number of carbonyl (C=O) groups is 1. The number of aromatic nitrogens is 3. The predicted molar refractivity (Wildman–Crippen MR) is 130 cm³/mol. The number of fused-ring (bicyclic) bond motifs is 1. The Balaban J connectivity index is 1.33. The van der Waals surface area contributed by atoms with Gasteiger partial charge in [-0.2, -0.15) is 0 Å². The first-order valence-corrected chi connectivity index (χ1v) is 13.8. The summed E-state index contributed by atoms with van der Waals surface area (Å²) >= 11 is 0. The third kappa shape index (κ3) is 5.04. The Morgan fingerprint density at radius 2 is 1.73 bits per heavy atom. The zero-order chi connectivity index (χ0) is 26.7. The summed E-state index contributed by atoms with van der Waals surface area (Å²) in [6.07, 6.45) is 4.32. The lowest BCUT2D eigenvalue weighted by molar-refractivity contribution is 0.0695. The van der Waals surface area contributed by atoms with E-state index in [0.717, 1.165) is 18.4 Å². The van der Waals surface area contributed by atoms with E-state index in [9.17, 15) is 29.0 Å².